The average molecular weight is 389 g/mol. The van der Waals surface area contributed by atoms with Gasteiger partial charge >= 0.3 is 0 Å². The van der Waals surface area contributed by atoms with Crippen molar-refractivity contribution < 1.29 is 9.13 Å². The number of aromatic nitrogens is 2. The summed E-state index contributed by atoms with van der Waals surface area (Å²) in [6.07, 6.45) is 1.65. The van der Waals surface area contributed by atoms with Crippen LogP contribution in [0.4, 0.5) is 27.5 Å². The van der Waals surface area contributed by atoms with Crippen molar-refractivity contribution in [2.45, 2.75) is 32.4 Å². The van der Waals surface area contributed by atoms with Crippen molar-refractivity contribution in [3.63, 3.8) is 0 Å². The minimum Gasteiger partial charge on any atom is -0.376 e. The van der Waals surface area contributed by atoms with Gasteiger partial charge in [-0.25, -0.2) is 9.37 Å². The minimum absolute atomic E-state index is 0.244. The van der Waals surface area contributed by atoms with Crippen LogP contribution >= 0.6 is 0 Å². The molecule has 1 atom stereocenters. The third kappa shape index (κ3) is 3.13. The highest BCUT2D eigenvalue weighted by Crippen LogP contribution is 2.39. The Morgan fingerprint density at radius 3 is 3.00 bits per heavy atom. The van der Waals surface area contributed by atoms with Crippen LogP contribution < -0.4 is 9.80 Å². The van der Waals surface area contributed by atoms with Gasteiger partial charge < -0.3 is 14.5 Å². The van der Waals surface area contributed by atoms with E-state index >= 15 is 0 Å². The zero-order valence-electron chi connectivity index (χ0n) is 16.5. The lowest BCUT2D eigenvalue weighted by Crippen LogP contribution is -2.29. The van der Waals surface area contributed by atoms with Gasteiger partial charge in [-0.15, -0.1) is 0 Å². The van der Waals surface area contributed by atoms with Crippen LogP contribution in [0.25, 0.3) is 0 Å². The third-order valence-electron chi connectivity index (χ3n) is 5.63. The SMILES string of the molecule is CC1Cc2[c]cccc2N1c1nc2c(c(N(C)c3cccc(F)c3)n1)COCC2. The number of hydrogen-bond donors (Lipinski definition) is 0. The maximum absolute atomic E-state index is 13.8. The first-order valence-electron chi connectivity index (χ1n) is 9.87. The van der Waals surface area contributed by atoms with Gasteiger partial charge in [0.15, 0.2) is 0 Å². The van der Waals surface area contributed by atoms with Crippen LogP contribution in [0.1, 0.15) is 23.7 Å². The van der Waals surface area contributed by atoms with Gasteiger partial charge in [-0.3, -0.25) is 0 Å². The number of fused-ring (bicyclic) bond motifs is 2. The monoisotopic (exact) mass is 389 g/mol. The first kappa shape index (κ1) is 18.1. The highest BCUT2D eigenvalue weighted by Gasteiger charge is 2.31. The molecule has 29 heavy (non-hydrogen) atoms. The summed E-state index contributed by atoms with van der Waals surface area (Å²) in [5.41, 5.74) is 5.00. The molecule has 2 aliphatic heterocycles. The van der Waals surface area contributed by atoms with Crippen LogP contribution in [-0.4, -0.2) is 29.7 Å². The molecule has 0 N–H and O–H groups in total. The van der Waals surface area contributed by atoms with E-state index in [4.69, 9.17) is 14.7 Å². The van der Waals surface area contributed by atoms with Crippen LogP contribution in [0.15, 0.2) is 42.5 Å². The summed E-state index contributed by atoms with van der Waals surface area (Å²) < 4.78 is 19.5. The second-order valence-corrected chi connectivity index (χ2v) is 7.57. The Hall–Kier alpha value is -2.99. The van der Waals surface area contributed by atoms with Gasteiger partial charge in [0.2, 0.25) is 5.95 Å². The summed E-state index contributed by atoms with van der Waals surface area (Å²) in [5, 5.41) is 0. The van der Waals surface area contributed by atoms with Crippen molar-refractivity contribution >= 4 is 23.1 Å². The standard InChI is InChI=1S/C23H22FN4O/c1-15-12-16-6-3-4-9-21(16)28(15)23-25-20-10-11-29-14-19(20)22(26-23)27(2)18-8-5-7-17(24)13-18/h3-5,7-9,13,15H,10-12,14H2,1-2H3. The van der Waals surface area contributed by atoms with Crippen LogP contribution in [0.5, 0.6) is 0 Å². The van der Waals surface area contributed by atoms with E-state index in [1.165, 1.54) is 17.7 Å². The molecule has 5 nitrogen and oxygen atoms in total. The Balaban J connectivity index is 1.64. The van der Waals surface area contributed by atoms with E-state index in [0.29, 0.717) is 19.2 Å². The Morgan fingerprint density at radius 1 is 1.24 bits per heavy atom. The molecule has 3 aromatic rings. The second-order valence-electron chi connectivity index (χ2n) is 7.57. The first-order valence-corrected chi connectivity index (χ1v) is 9.87. The quantitative estimate of drug-likeness (QED) is 0.667. The first-order chi connectivity index (χ1) is 14.1. The minimum atomic E-state index is -0.272. The third-order valence-corrected chi connectivity index (χ3v) is 5.63. The van der Waals surface area contributed by atoms with Crippen molar-refractivity contribution in [2.24, 2.45) is 0 Å². The molecule has 2 aromatic carbocycles. The number of halogens is 1. The normalized spacial score (nSPS) is 17.8. The molecular formula is C23H22FN4O. The molecule has 1 radical (unpaired) electrons. The molecule has 6 heteroatoms. The number of rotatable bonds is 3. The van der Waals surface area contributed by atoms with E-state index in [1.807, 2.05) is 30.1 Å². The molecule has 147 valence electrons. The number of anilines is 4. The second kappa shape index (κ2) is 7.12. The molecule has 3 heterocycles. The van der Waals surface area contributed by atoms with Crippen molar-refractivity contribution in [2.75, 3.05) is 23.5 Å². The van der Waals surface area contributed by atoms with Crippen LogP contribution in [0.2, 0.25) is 0 Å². The van der Waals surface area contributed by atoms with Gasteiger partial charge in [0.25, 0.3) is 0 Å². The summed E-state index contributed by atoms with van der Waals surface area (Å²) in [7, 11) is 1.91. The summed E-state index contributed by atoms with van der Waals surface area (Å²) in [4.78, 5) is 14.0. The van der Waals surface area contributed by atoms with Gasteiger partial charge in [0, 0.05) is 36.4 Å². The fourth-order valence-electron chi connectivity index (χ4n) is 4.18. The van der Waals surface area contributed by atoms with Gasteiger partial charge in [0.1, 0.15) is 11.6 Å². The summed E-state index contributed by atoms with van der Waals surface area (Å²) in [6.45, 7) is 3.28. The molecule has 0 aliphatic carbocycles. The maximum Gasteiger partial charge on any atom is 0.232 e. The van der Waals surface area contributed by atoms with Gasteiger partial charge in [-0.1, -0.05) is 18.2 Å². The Labute approximate surface area is 169 Å². The molecule has 2 aliphatic rings. The highest BCUT2D eigenvalue weighted by molar-refractivity contribution is 5.70. The number of benzene rings is 2. The van der Waals surface area contributed by atoms with Gasteiger partial charge in [-0.2, -0.15) is 4.98 Å². The molecular weight excluding hydrogens is 367 g/mol. The van der Waals surface area contributed by atoms with Crippen molar-refractivity contribution in [3.8, 4) is 0 Å². The lowest BCUT2D eigenvalue weighted by atomic mass is 10.1. The molecule has 0 spiro atoms. The van der Waals surface area contributed by atoms with E-state index in [1.54, 1.807) is 6.07 Å². The highest BCUT2D eigenvalue weighted by atomic mass is 19.1. The molecule has 1 unspecified atom stereocenters. The zero-order chi connectivity index (χ0) is 20.0. The van der Waals surface area contributed by atoms with Crippen molar-refractivity contribution in [1.29, 1.82) is 0 Å². The topological polar surface area (TPSA) is 41.5 Å². The molecule has 0 saturated carbocycles. The fourth-order valence-corrected chi connectivity index (χ4v) is 4.18. The van der Waals surface area contributed by atoms with Crippen LogP contribution in [-0.2, 0) is 24.2 Å². The molecule has 0 fully saturated rings. The molecule has 1 aromatic heterocycles. The predicted molar refractivity (Wildman–Crippen MR) is 110 cm³/mol. The lowest BCUT2D eigenvalue weighted by molar-refractivity contribution is 0.109. The zero-order valence-corrected chi connectivity index (χ0v) is 16.5. The van der Waals surface area contributed by atoms with Gasteiger partial charge in [0.05, 0.1) is 18.9 Å². The van der Waals surface area contributed by atoms with E-state index < -0.39 is 0 Å². The smallest absolute Gasteiger partial charge is 0.232 e. The average Bonchev–Trinajstić information content (AvgIpc) is 3.08. The maximum atomic E-state index is 13.8. The van der Waals surface area contributed by atoms with Crippen LogP contribution in [0.3, 0.4) is 0 Å². The lowest BCUT2D eigenvalue weighted by Gasteiger charge is -2.29. The number of nitrogens with zero attached hydrogens (tertiary/aromatic N) is 4. The molecule has 0 saturated heterocycles. The predicted octanol–water partition coefficient (Wildman–Crippen LogP) is 4.34. The number of ether oxygens (including phenoxy) is 1. The Bertz CT molecular complexity index is 1070. The van der Waals surface area contributed by atoms with Crippen molar-refractivity contribution in [1.82, 2.24) is 9.97 Å². The Kier molecular flexibility index (Phi) is 4.43. The van der Waals surface area contributed by atoms with E-state index in [0.717, 1.165) is 41.3 Å². The molecule has 5 rings (SSSR count). The van der Waals surface area contributed by atoms with E-state index in [9.17, 15) is 4.39 Å². The Morgan fingerprint density at radius 2 is 2.14 bits per heavy atom. The van der Waals surface area contributed by atoms with E-state index in [2.05, 4.69) is 24.0 Å². The van der Waals surface area contributed by atoms with Crippen molar-refractivity contribution in [3.05, 3.63) is 71.2 Å². The van der Waals surface area contributed by atoms with Gasteiger partial charge in [-0.05, 0) is 49.2 Å². The molecule has 0 bridgehead atoms. The molecule has 0 amide bonds. The largest absolute Gasteiger partial charge is 0.376 e. The summed E-state index contributed by atoms with van der Waals surface area (Å²) in [5.74, 6) is 1.16. The van der Waals surface area contributed by atoms with Crippen LogP contribution in [0, 0.1) is 11.9 Å². The summed E-state index contributed by atoms with van der Waals surface area (Å²) >= 11 is 0. The van der Waals surface area contributed by atoms with E-state index in [-0.39, 0.29) is 11.9 Å². The summed E-state index contributed by atoms with van der Waals surface area (Å²) in [6, 6.07) is 16.2. The fraction of sp³-hybridized carbons (Fsp3) is 0.304. The number of hydrogen-bond acceptors (Lipinski definition) is 5.